The molecule has 0 saturated heterocycles. The van der Waals surface area contributed by atoms with E-state index in [1.807, 2.05) is 6.92 Å². The molecule has 0 aliphatic heterocycles. The van der Waals surface area contributed by atoms with Gasteiger partial charge < -0.3 is 10.4 Å². The van der Waals surface area contributed by atoms with E-state index in [9.17, 15) is 18.0 Å². The summed E-state index contributed by atoms with van der Waals surface area (Å²) in [5.41, 5.74) is 0.239. The summed E-state index contributed by atoms with van der Waals surface area (Å²) >= 11 is 0. The van der Waals surface area contributed by atoms with E-state index in [1.54, 1.807) is 0 Å². The second-order valence-electron chi connectivity index (χ2n) is 4.60. The highest BCUT2D eigenvalue weighted by Gasteiger charge is 2.18. The fourth-order valence-corrected chi connectivity index (χ4v) is 2.29. The van der Waals surface area contributed by atoms with Crippen molar-refractivity contribution in [3.8, 4) is 0 Å². The predicted octanol–water partition coefficient (Wildman–Crippen LogP) is 0.565. The Morgan fingerprint density at radius 3 is 2.29 bits per heavy atom. The molecule has 0 saturated carbocycles. The molecule has 0 aromatic heterocycles. The van der Waals surface area contributed by atoms with Crippen molar-refractivity contribution in [3.63, 3.8) is 0 Å². The molecule has 0 aliphatic carbocycles. The van der Waals surface area contributed by atoms with Crippen molar-refractivity contribution in [3.05, 3.63) is 29.8 Å². The first kappa shape index (κ1) is 17.1. The van der Waals surface area contributed by atoms with E-state index in [1.165, 1.54) is 24.3 Å². The van der Waals surface area contributed by atoms with Crippen LogP contribution in [0.4, 0.5) is 0 Å². The lowest BCUT2D eigenvalue weighted by Gasteiger charge is -2.12. The lowest BCUT2D eigenvalue weighted by atomic mass is 10.0. The van der Waals surface area contributed by atoms with E-state index in [0.29, 0.717) is 12.8 Å². The predicted molar refractivity (Wildman–Crippen MR) is 76.2 cm³/mol. The van der Waals surface area contributed by atoms with Gasteiger partial charge in [0.2, 0.25) is 10.0 Å². The number of nitrogens with two attached hydrogens (primary N) is 1. The van der Waals surface area contributed by atoms with Crippen molar-refractivity contribution in [1.29, 1.82) is 0 Å². The number of carbonyl (C=O) groups excluding carboxylic acids is 1. The molecule has 4 N–H and O–H groups in total. The van der Waals surface area contributed by atoms with Crippen LogP contribution in [0.1, 0.15) is 30.1 Å². The van der Waals surface area contributed by atoms with Crippen molar-refractivity contribution >= 4 is 21.9 Å². The van der Waals surface area contributed by atoms with Crippen LogP contribution in [0, 0.1) is 5.92 Å². The van der Waals surface area contributed by atoms with Gasteiger partial charge in [-0.25, -0.2) is 13.6 Å². The second-order valence-corrected chi connectivity index (χ2v) is 6.16. The maximum atomic E-state index is 11.9. The van der Waals surface area contributed by atoms with Gasteiger partial charge in [-0.3, -0.25) is 9.59 Å². The fraction of sp³-hybridized carbons (Fsp3) is 0.385. The molecule has 0 radical (unpaired) electrons. The summed E-state index contributed by atoms with van der Waals surface area (Å²) in [6.07, 6.45) is 1.18. The first-order chi connectivity index (χ1) is 9.75. The van der Waals surface area contributed by atoms with Crippen LogP contribution < -0.4 is 10.5 Å². The Balaban J connectivity index is 2.70. The van der Waals surface area contributed by atoms with Crippen molar-refractivity contribution in [1.82, 2.24) is 5.32 Å². The molecule has 0 unspecified atom stereocenters. The molecule has 1 atom stereocenters. The van der Waals surface area contributed by atoms with E-state index < -0.39 is 27.8 Å². The molecule has 0 bridgehead atoms. The summed E-state index contributed by atoms with van der Waals surface area (Å²) in [6, 6.07) is 5.10. The molecule has 21 heavy (non-hydrogen) atoms. The van der Waals surface area contributed by atoms with E-state index in [-0.39, 0.29) is 17.0 Å². The second kappa shape index (κ2) is 7.19. The number of nitrogens with one attached hydrogen (secondary N) is 1. The topological polar surface area (TPSA) is 127 Å². The Kier molecular flexibility index (Phi) is 5.86. The Morgan fingerprint density at radius 2 is 1.86 bits per heavy atom. The summed E-state index contributed by atoms with van der Waals surface area (Å²) in [5.74, 6) is -2.05. The van der Waals surface area contributed by atoms with E-state index in [0.717, 1.165) is 0 Å². The number of sulfonamides is 1. The van der Waals surface area contributed by atoms with Crippen molar-refractivity contribution in [2.24, 2.45) is 11.1 Å². The number of hydrogen-bond donors (Lipinski definition) is 3. The quantitative estimate of drug-likeness (QED) is 0.678. The van der Waals surface area contributed by atoms with Crippen LogP contribution in [-0.4, -0.2) is 31.9 Å². The van der Waals surface area contributed by atoms with Crippen LogP contribution in [0.2, 0.25) is 0 Å². The van der Waals surface area contributed by atoms with Gasteiger partial charge in [-0.15, -0.1) is 0 Å². The molecular formula is C13H18N2O5S. The highest BCUT2D eigenvalue weighted by atomic mass is 32.2. The third-order valence-corrected chi connectivity index (χ3v) is 3.87. The average Bonchev–Trinajstić information content (AvgIpc) is 2.42. The van der Waals surface area contributed by atoms with Gasteiger partial charge in [-0.1, -0.05) is 13.3 Å². The van der Waals surface area contributed by atoms with E-state index in [2.05, 4.69) is 5.32 Å². The minimum atomic E-state index is -3.80. The van der Waals surface area contributed by atoms with Crippen LogP contribution in [-0.2, 0) is 14.8 Å². The first-order valence-corrected chi connectivity index (χ1v) is 7.94. The van der Waals surface area contributed by atoms with Crippen LogP contribution >= 0.6 is 0 Å². The zero-order valence-electron chi connectivity index (χ0n) is 11.6. The Hall–Kier alpha value is -1.93. The molecule has 116 valence electrons. The van der Waals surface area contributed by atoms with Gasteiger partial charge in [-0.05, 0) is 30.7 Å². The normalized spacial score (nSPS) is 12.7. The molecule has 1 rings (SSSR count). The molecule has 0 spiro atoms. The number of rotatable bonds is 7. The van der Waals surface area contributed by atoms with E-state index >= 15 is 0 Å². The van der Waals surface area contributed by atoms with Gasteiger partial charge in [-0.2, -0.15) is 0 Å². The van der Waals surface area contributed by atoms with Gasteiger partial charge in [0.15, 0.2) is 0 Å². The summed E-state index contributed by atoms with van der Waals surface area (Å²) in [4.78, 5) is 22.7. The SMILES string of the molecule is CCC[C@@H](CNC(=O)c1ccc(S(N)(=O)=O)cc1)C(=O)O. The van der Waals surface area contributed by atoms with Crippen molar-refractivity contribution in [2.45, 2.75) is 24.7 Å². The summed E-state index contributed by atoms with van der Waals surface area (Å²) in [7, 11) is -3.80. The number of carbonyl (C=O) groups is 2. The maximum absolute atomic E-state index is 11.9. The molecule has 7 nitrogen and oxygen atoms in total. The van der Waals surface area contributed by atoms with Crippen LogP contribution in [0.25, 0.3) is 0 Å². The van der Waals surface area contributed by atoms with Gasteiger partial charge >= 0.3 is 5.97 Å². The molecular weight excluding hydrogens is 296 g/mol. The minimum Gasteiger partial charge on any atom is -0.481 e. The zero-order valence-corrected chi connectivity index (χ0v) is 12.4. The Bertz CT molecular complexity index is 610. The van der Waals surface area contributed by atoms with Crippen molar-refractivity contribution < 1.29 is 23.1 Å². The molecule has 0 heterocycles. The molecule has 1 amide bonds. The summed E-state index contributed by atoms with van der Waals surface area (Å²) < 4.78 is 22.2. The number of carboxylic acid groups (broad SMARTS) is 1. The summed E-state index contributed by atoms with van der Waals surface area (Å²) in [5, 5.41) is 16.5. The van der Waals surface area contributed by atoms with Gasteiger partial charge in [0.1, 0.15) is 0 Å². The first-order valence-electron chi connectivity index (χ1n) is 6.39. The fourth-order valence-electron chi connectivity index (χ4n) is 1.78. The van der Waals surface area contributed by atoms with Gasteiger partial charge in [0.05, 0.1) is 10.8 Å². The number of aliphatic carboxylic acids is 1. The molecule has 1 aromatic carbocycles. The summed E-state index contributed by atoms with van der Waals surface area (Å²) in [6.45, 7) is 1.89. The number of primary sulfonamides is 1. The van der Waals surface area contributed by atoms with Crippen LogP contribution in [0.15, 0.2) is 29.2 Å². The third-order valence-electron chi connectivity index (χ3n) is 2.94. The maximum Gasteiger partial charge on any atom is 0.308 e. The highest BCUT2D eigenvalue weighted by molar-refractivity contribution is 7.89. The molecule has 0 fully saturated rings. The monoisotopic (exact) mass is 314 g/mol. The average molecular weight is 314 g/mol. The number of benzene rings is 1. The van der Waals surface area contributed by atoms with E-state index in [4.69, 9.17) is 10.2 Å². The Labute approximate surface area is 123 Å². The van der Waals surface area contributed by atoms with Gasteiger partial charge in [0.25, 0.3) is 5.91 Å². The van der Waals surface area contributed by atoms with Gasteiger partial charge in [0, 0.05) is 12.1 Å². The number of carboxylic acids is 1. The largest absolute Gasteiger partial charge is 0.481 e. The van der Waals surface area contributed by atoms with Crippen molar-refractivity contribution in [2.75, 3.05) is 6.54 Å². The number of hydrogen-bond acceptors (Lipinski definition) is 4. The third kappa shape index (κ3) is 5.16. The molecule has 8 heteroatoms. The van der Waals surface area contributed by atoms with Crippen LogP contribution in [0.5, 0.6) is 0 Å². The standard InChI is InChI=1S/C13H18N2O5S/c1-2-3-10(13(17)18)8-15-12(16)9-4-6-11(7-5-9)21(14,19)20/h4-7,10H,2-3,8H2,1H3,(H,15,16)(H,17,18)(H2,14,19,20)/t10-/m0/s1. The smallest absolute Gasteiger partial charge is 0.308 e. The highest BCUT2D eigenvalue weighted by Crippen LogP contribution is 2.09. The Morgan fingerprint density at radius 1 is 1.29 bits per heavy atom. The lowest BCUT2D eigenvalue weighted by Crippen LogP contribution is -2.32. The molecule has 0 aliphatic rings. The minimum absolute atomic E-state index is 0.0267. The molecule has 1 aromatic rings. The zero-order chi connectivity index (χ0) is 16.0. The lowest BCUT2D eigenvalue weighted by molar-refractivity contribution is -0.141. The van der Waals surface area contributed by atoms with Crippen LogP contribution in [0.3, 0.4) is 0 Å². The number of amides is 1.